The molecule has 2 aromatic rings. The molecule has 0 spiro atoms. The molecule has 1 aromatic carbocycles. The fourth-order valence-electron chi connectivity index (χ4n) is 1.27. The minimum Gasteiger partial charge on any atom is -0.333 e. The summed E-state index contributed by atoms with van der Waals surface area (Å²) in [5, 5.41) is 0. The van der Waals surface area contributed by atoms with Gasteiger partial charge in [-0.05, 0) is 26.1 Å². The number of aromatic nitrogens is 2. The van der Waals surface area contributed by atoms with Gasteiger partial charge in [0.1, 0.15) is 12.6 Å². The van der Waals surface area contributed by atoms with Gasteiger partial charge in [0.05, 0.1) is 11.0 Å². The van der Waals surface area contributed by atoms with Gasteiger partial charge in [-0.3, -0.25) is 0 Å². The molecule has 2 N–H and O–H groups in total. The molecule has 0 unspecified atom stereocenters. The highest BCUT2D eigenvalue weighted by Crippen LogP contribution is 2.12. The van der Waals surface area contributed by atoms with Gasteiger partial charge < -0.3 is 15.1 Å². The fraction of sp³-hybridized carbons (Fsp3) is 0.273. The van der Waals surface area contributed by atoms with E-state index in [1.54, 1.807) is 0 Å². The third kappa shape index (κ3) is 2.89. The van der Waals surface area contributed by atoms with Gasteiger partial charge in [-0.1, -0.05) is 12.1 Å². The van der Waals surface area contributed by atoms with Crippen LogP contribution in [0.3, 0.4) is 0 Å². The first-order valence-corrected chi connectivity index (χ1v) is 4.54. The molecule has 0 saturated heterocycles. The van der Waals surface area contributed by atoms with Crippen molar-refractivity contribution in [3.05, 3.63) is 30.1 Å². The van der Waals surface area contributed by atoms with Crippen molar-refractivity contribution in [2.75, 3.05) is 7.05 Å². The van der Waals surface area contributed by atoms with Crippen LogP contribution in [0.5, 0.6) is 0 Å². The van der Waals surface area contributed by atoms with Crippen LogP contribution in [0.25, 0.3) is 11.0 Å². The van der Waals surface area contributed by atoms with Crippen molar-refractivity contribution >= 4 is 17.8 Å². The molecule has 4 nitrogen and oxygen atoms in total. The van der Waals surface area contributed by atoms with Crippen molar-refractivity contribution in [2.24, 2.45) is 12.8 Å². The van der Waals surface area contributed by atoms with Gasteiger partial charge in [-0.2, -0.15) is 0 Å². The first kappa shape index (κ1) is 13.3. The number of nitrogens with two attached hydrogens (primary N) is 1. The Balaban J connectivity index is 0.000000442. The standard InChI is InChI=1S/C9H10N2.CH5N.CH2O/c1-7-10-8-5-3-4-6-9(8)11(7)2;2*1-2/h3-6H,1-2H3;2H2,1H3;1H2. The number of rotatable bonds is 0. The topological polar surface area (TPSA) is 60.9 Å². The van der Waals surface area contributed by atoms with E-state index in [4.69, 9.17) is 4.79 Å². The quantitative estimate of drug-likeness (QED) is 0.707. The molecule has 4 heteroatoms. The lowest BCUT2D eigenvalue weighted by Gasteiger charge is -1.93. The third-order valence-electron chi connectivity index (χ3n) is 2.01. The van der Waals surface area contributed by atoms with Crippen molar-refractivity contribution in [1.82, 2.24) is 9.55 Å². The maximum Gasteiger partial charge on any atom is 0.106 e. The Bertz CT molecular complexity index is 409. The SMILES string of the molecule is C=O.CN.Cc1nc2ccccc2n1C. The molecular weight excluding hydrogens is 190 g/mol. The third-order valence-corrected chi connectivity index (χ3v) is 2.01. The maximum absolute atomic E-state index is 8.00. The number of aryl methyl sites for hydroxylation is 2. The normalized spacial score (nSPS) is 8.53. The summed E-state index contributed by atoms with van der Waals surface area (Å²) in [6, 6.07) is 8.15. The van der Waals surface area contributed by atoms with E-state index >= 15 is 0 Å². The van der Waals surface area contributed by atoms with Crippen molar-refractivity contribution in [3.63, 3.8) is 0 Å². The zero-order valence-corrected chi connectivity index (χ0v) is 9.40. The van der Waals surface area contributed by atoms with Gasteiger partial charge in [0.2, 0.25) is 0 Å². The summed E-state index contributed by atoms with van der Waals surface area (Å²) in [6.45, 7) is 4.01. The van der Waals surface area contributed by atoms with Crippen LogP contribution in [0.15, 0.2) is 24.3 Å². The number of benzene rings is 1. The lowest BCUT2D eigenvalue weighted by molar-refractivity contribution is -0.0979. The Morgan fingerprint density at radius 3 is 2.33 bits per heavy atom. The number of hydrogen-bond donors (Lipinski definition) is 1. The van der Waals surface area contributed by atoms with Gasteiger partial charge in [-0.15, -0.1) is 0 Å². The number of hydrogen-bond acceptors (Lipinski definition) is 3. The van der Waals surface area contributed by atoms with E-state index in [2.05, 4.69) is 21.4 Å². The molecule has 0 aliphatic heterocycles. The molecule has 0 atom stereocenters. The Labute approximate surface area is 89.7 Å². The highest BCUT2D eigenvalue weighted by Gasteiger charge is 2.00. The molecular formula is C11H17N3O. The summed E-state index contributed by atoms with van der Waals surface area (Å²) in [4.78, 5) is 12.4. The van der Waals surface area contributed by atoms with Crippen LogP contribution in [-0.4, -0.2) is 23.4 Å². The van der Waals surface area contributed by atoms with E-state index in [1.807, 2.05) is 39.0 Å². The van der Waals surface area contributed by atoms with E-state index < -0.39 is 0 Å². The monoisotopic (exact) mass is 207 g/mol. The smallest absolute Gasteiger partial charge is 0.106 e. The molecule has 0 radical (unpaired) electrons. The zero-order chi connectivity index (χ0) is 11.8. The predicted octanol–water partition coefficient (Wildman–Crippen LogP) is 1.27. The molecule has 2 rings (SSSR count). The van der Waals surface area contributed by atoms with E-state index in [0.29, 0.717) is 0 Å². The molecule has 1 aromatic heterocycles. The number of nitrogens with zero attached hydrogens (tertiary/aromatic N) is 2. The van der Waals surface area contributed by atoms with Crippen molar-refractivity contribution in [1.29, 1.82) is 0 Å². The van der Waals surface area contributed by atoms with E-state index in [1.165, 1.54) is 12.6 Å². The van der Waals surface area contributed by atoms with Crippen LogP contribution in [-0.2, 0) is 11.8 Å². The summed E-state index contributed by atoms with van der Waals surface area (Å²) >= 11 is 0. The fourth-order valence-corrected chi connectivity index (χ4v) is 1.27. The molecule has 0 fully saturated rings. The number of carbonyl (C=O) groups excluding carboxylic acids is 1. The highest BCUT2D eigenvalue weighted by molar-refractivity contribution is 5.75. The Morgan fingerprint density at radius 1 is 1.27 bits per heavy atom. The average Bonchev–Trinajstić information content (AvgIpc) is 2.61. The molecule has 0 aliphatic rings. The number of para-hydroxylation sites is 2. The van der Waals surface area contributed by atoms with Crippen LogP contribution in [0, 0.1) is 6.92 Å². The van der Waals surface area contributed by atoms with Crippen LogP contribution in [0.1, 0.15) is 5.82 Å². The number of carbonyl (C=O) groups is 1. The van der Waals surface area contributed by atoms with Crippen LogP contribution >= 0.6 is 0 Å². The van der Waals surface area contributed by atoms with Gasteiger partial charge in [-0.25, -0.2) is 4.98 Å². The first-order valence-electron chi connectivity index (χ1n) is 4.54. The summed E-state index contributed by atoms with van der Waals surface area (Å²) < 4.78 is 2.09. The van der Waals surface area contributed by atoms with Gasteiger partial charge >= 0.3 is 0 Å². The van der Waals surface area contributed by atoms with Crippen molar-refractivity contribution in [3.8, 4) is 0 Å². The lowest BCUT2D eigenvalue weighted by Crippen LogP contribution is -1.89. The summed E-state index contributed by atoms with van der Waals surface area (Å²) in [5.74, 6) is 1.06. The van der Waals surface area contributed by atoms with Crippen molar-refractivity contribution < 1.29 is 4.79 Å². The summed E-state index contributed by atoms with van der Waals surface area (Å²) in [6.07, 6.45) is 0. The minimum atomic E-state index is 1.06. The van der Waals surface area contributed by atoms with E-state index in [0.717, 1.165) is 11.3 Å². The molecule has 0 aliphatic carbocycles. The van der Waals surface area contributed by atoms with E-state index in [9.17, 15) is 0 Å². The van der Waals surface area contributed by atoms with Gasteiger partial charge in [0.25, 0.3) is 0 Å². The second kappa shape index (κ2) is 6.73. The molecule has 15 heavy (non-hydrogen) atoms. The Morgan fingerprint density at radius 2 is 1.80 bits per heavy atom. The second-order valence-corrected chi connectivity index (χ2v) is 2.71. The van der Waals surface area contributed by atoms with Gasteiger partial charge in [0.15, 0.2) is 0 Å². The molecule has 1 heterocycles. The second-order valence-electron chi connectivity index (χ2n) is 2.71. The van der Waals surface area contributed by atoms with Crippen molar-refractivity contribution in [2.45, 2.75) is 6.92 Å². The zero-order valence-electron chi connectivity index (χ0n) is 9.40. The molecule has 0 amide bonds. The predicted molar refractivity (Wildman–Crippen MR) is 62.7 cm³/mol. The minimum absolute atomic E-state index is 1.06. The molecule has 82 valence electrons. The summed E-state index contributed by atoms with van der Waals surface area (Å²) in [5.41, 5.74) is 6.78. The van der Waals surface area contributed by atoms with Gasteiger partial charge in [0, 0.05) is 7.05 Å². The first-order chi connectivity index (χ1) is 7.29. The van der Waals surface area contributed by atoms with Crippen LogP contribution in [0.4, 0.5) is 0 Å². The lowest BCUT2D eigenvalue weighted by atomic mass is 10.3. The number of fused-ring (bicyclic) bond motifs is 1. The highest BCUT2D eigenvalue weighted by atomic mass is 16.1. The molecule has 0 bridgehead atoms. The largest absolute Gasteiger partial charge is 0.333 e. The van der Waals surface area contributed by atoms with E-state index in [-0.39, 0.29) is 0 Å². The van der Waals surface area contributed by atoms with Crippen LogP contribution < -0.4 is 5.73 Å². The van der Waals surface area contributed by atoms with Crippen LogP contribution in [0.2, 0.25) is 0 Å². The average molecular weight is 207 g/mol. The Kier molecular flexibility index (Phi) is 5.97. The maximum atomic E-state index is 8.00. The summed E-state index contributed by atoms with van der Waals surface area (Å²) in [7, 11) is 3.53. The Hall–Kier alpha value is -1.68. The molecule has 0 saturated carbocycles. The number of imidazole rings is 1.